The lowest BCUT2D eigenvalue weighted by atomic mass is 10.0. The van der Waals surface area contributed by atoms with Gasteiger partial charge in [-0.2, -0.15) is 5.10 Å². The summed E-state index contributed by atoms with van der Waals surface area (Å²) in [5.41, 5.74) is 2.65. The summed E-state index contributed by atoms with van der Waals surface area (Å²) in [5, 5.41) is 6.37. The first-order valence-corrected chi connectivity index (χ1v) is 12.8. The number of likely N-dealkylation sites (tertiary alicyclic amines) is 1. The van der Waals surface area contributed by atoms with Crippen molar-refractivity contribution in [1.82, 2.24) is 14.7 Å². The van der Waals surface area contributed by atoms with E-state index in [-0.39, 0.29) is 29.0 Å². The van der Waals surface area contributed by atoms with Gasteiger partial charge in [0, 0.05) is 24.9 Å². The highest BCUT2D eigenvalue weighted by Gasteiger charge is 2.22. The summed E-state index contributed by atoms with van der Waals surface area (Å²) >= 11 is 0. The highest BCUT2D eigenvalue weighted by Crippen LogP contribution is 2.24. The van der Waals surface area contributed by atoms with Gasteiger partial charge in [0.2, 0.25) is 0 Å². The Morgan fingerprint density at radius 1 is 0.946 bits per heavy atom. The molecule has 4 aromatic rings. The van der Waals surface area contributed by atoms with Crippen LogP contribution in [0.15, 0.2) is 71.5 Å². The topological polar surface area (TPSA) is 47.4 Å². The van der Waals surface area contributed by atoms with Crippen molar-refractivity contribution in [3.8, 4) is 5.75 Å². The lowest BCUT2D eigenvalue weighted by Crippen LogP contribution is -2.30. The van der Waals surface area contributed by atoms with Gasteiger partial charge in [0.25, 0.3) is 5.56 Å². The van der Waals surface area contributed by atoms with Crippen LogP contribution in [-0.4, -0.2) is 41.4 Å². The zero-order chi connectivity index (χ0) is 25.8. The first-order valence-electron chi connectivity index (χ1n) is 12.8. The average molecular weight is 504 g/mol. The summed E-state index contributed by atoms with van der Waals surface area (Å²) in [5.74, 6) is -0.353. The molecule has 2 heterocycles. The van der Waals surface area contributed by atoms with E-state index in [0.29, 0.717) is 11.8 Å². The quantitative estimate of drug-likeness (QED) is 0.332. The van der Waals surface area contributed by atoms with Crippen molar-refractivity contribution >= 4 is 10.8 Å². The maximum Gasteiger partial charge on any atom is 0.274 e. The van der Waals surface area contributed by atoms with Gasteiger partial charge in [0.1, 0.15) is 5.82 Å². The molecular formula is C30H31F2N3O2. The van der Waals surface area contributed by atoms with E-state index in [2.05, 4.69) is 4.90 Å². The normalized spacial score (nSPS) is 16.6. The van der Waals surface area contributed by atoms with E-state index in [4.69, 9.17) is 9.84 Å². The molecule has 5 nitrogen and oxygen atoms in total. The molecule has 5 rings (SSSR count). The van der Waals surface area contributed by atoms with Gasteiger partial charge in [-0.25, -0.2) is 13.5 Å². The number of methoxy groups -OCH3 is 1. The number of fused-ring (bicyclic) bond motifs is 1. The van der Waals surface area contributed by atoms with E-state index >= 15 is 0 Å². The molecule has 1 unspecified atom stereocenters. The highest BCUT2D eigenvalue weighted by molar-refractivity contribution is 5.83. The molecule has 7 heteroatoms. The van der Waals surface area contributed by atoms with Crippen LogP contribution in [0.3, 0.4) is 0 Å². The van der Waals surface area contributed by atoms with Crippen molar-refractivity contribution in [2.45, 2.75) is 38.1 Å². The summed E-state index contributed by atoms with van der Waals surface area (Å²) < 4.78 is 34.2. The first kappa shape index (κ1) is 25.1. The van der Waals surface area contributed by atoms with Crippen LogP contribution < -0.4 is 10.3 Å². The second kappa shape index (κ2) is 11.2. The van der Waals surface area contributed by atoms with Crippen molar-refractivity contribution in [2.75, 3.05) is 26.7 Å². The molecule has 1 aromatic heterocycles. The van der Waals surface area contributed by atoms with Gasteiger partial charge in [0.15, 0.2) is 11.6 Å². The monoisotopic (exact) mass is 503 g/mol. The van der Waals surface area contributed by atoms with Crippen LogP contribution in [0.1, 0.15) is 42.1 Å². The third kappa shape index (κ3) is 5.72. The van der Waals surface area contributed by atoms with Crippen LogP contribution in [0.4, 0.5) is 8.78 Å². The fourth-order valence-electron chi connectivity index (χ4n) is 5.21. The fraction of sp³-hybridized carbons (Fsp3) is 0.333. The Kier molecular flexibility index (Phi) is 7.60. The van der Waals surface area contributed by atoms with E-state index in [1.807, 2.05) is 30.3 Å². The van der Waals surface area contributed by atoms with Crippen LogP contribution in [0.2, 0.25) is 0 Å². The second-order valence-corrected chi connectivity index (χ2v) is 9.69. The van der Waals surface area contributed by atoms with E-state index in [1.165, 1.54) is 19.2 Å². The molecule has 0 saturated carbocycles. The summed E-state index contributed by atoms with van der Waals surface area (Å²) in [6.45, 7) is 2.60. The van der Waals surface area contributed by atoms with Crippen LogP contribution in [-0.2, 0) is 12.8 Å². The maximum atomic E-state index is 14.1. The molecular weight excluding hydrogens is 472 g/mol. The van der Waals surface area contributed by atoms with E-state index in [1.54, 1.807) is 28.9 Å². The molecule has 1 atom stereocenters. The minimum absolute atomic E-state index is 0.00695. The first-order chi connectivity index (χ1) is 18.0. The predicted molar refractivity (Wildman–Crippen MR) is 141 cm³/mol. The predicted octanol–water partition coefficient (Wildman–Crippen LogP) is 5.54. The number of nitrogens with zero attached hydrogens (tertiary/aromatic N) is 3. The van der Waals surface area contributed by atoms with Crippen LogP contribution in [0.25, 0.3) is 10.8 Å². The van der Waals surface area contributed by atoms with Crippen molar-refractivity contribution in [1.29, 1.82) is 0 Å². The Morgan fingerprint density at radius 2 is 1.70 bits per heavy atom. The number of hydrogen-bond acceptors (Lipinski definition) is 4. The third-order valence-corrected chi connectivity index (χ3v) is 7.26. The second-order valence-electron chi connectivity index (χ2n) is 9.69. The van der Waals surface area contributed by atoms with Crippen molar-refractivity contribution < 1.29 is 13.5 Å². The molecule has 0 amide bonds. The van der Waals surface area contributed by atoms with Gasteiger partial charge in [-0.15, -0.1) is 0 Å². The van der Waals surface area contributed by atoms with Crippen molar-refractivity contribution in [3.63, 3.8) is 0 Å². The Labute approximate surface area is 215 Å². The number of aromatic nitrogens is 2. The lowest BCUT2D eigenvalue weighted by molar-refractivity contribution is 0.281. The molecule has 0 N–H and O–H groups in total. The maximum absolute atomic E-state index is 14.1. The van der Waals surface area contributed by atoms with Crippen LogP contribution in [0.5, 0.6) is 5.75 Å². The zero-order valence-electron chi connectivity index (χ0n) is 21.0. The minimum atomic E-state index is -0.339. The molecule has 0 spiro atoms. The average Bonchev–Trinajstić information content (AvgIpc) is 3.16. The van der Waals surface area contributed by atoms with Crippen molar-refractivity contribution in [3.05, 3.63) is 106 Å². The molecule has 1 saturated heterocycles. The lowest BCUT2D eigenvalue weighted by Gasteiger charge is -2.21. The third-order valence-electron chi connectivity index (χ3n) is 7.26. The van der Waals surface area contributed by atoms with Gasteiger partial charge >= 0.3 is 0 Å². The van der Waals surface area contributed by atoms with Gasteiger partial charge in [-0.1, -0.05) is 36.4 Å². The Hall–Kier alpha value is -3.58. The molecule has 3 aromatic carbocycles. The number of benzene rings is 3. The van der Waals surface area contributed by atoms with Gasteiger partial charge < -0.3 is 9.64 Å². The zero-order valence-corrected chi connectivity index (χ0v) is 21.0. The molecule has 192 valence electrons. The number of ether oxygens (including phenoxy) is 1. The molecule has 1 aliphatic heterocycles. The van der Waals surface area contributed by atoms with Crippen molar-refractivity contribution in [2.24, 2.45) is 0 Å². The van der Waals surface area contributed by atoms with Gasteiger partial charge in [0.05, 0.1) is 24.2 Å². The molecule has 0 radical (unpaired) electrons. The standard InChI is InChI=1S/C30H31F2N3O2/c1-37-29-13-10-22(19-27(29)32)14-17-34-16-4-5-24(15-18-34)35-30(36)26-7-3-2-6-25(26)28(33-35)20-21-8-11-23(31)12-9-21/h2-3,6-13,19,24H,4-5,14-18,20H2,1H3. The van der Waals surface area contributed by atoms with Gasteiger partial charge in [-0.3, -0.25) is 4.79 Å². The number of halogens is 2. The van der Waals surface area contributed by atoms with Crippen LogP contribution in [0, 0.1) is 11.6 Å². The SMILES string of the molecule is COc1ccc(CCN2CCCC(n3nc(Cc4ccc(F)cc4)c4ccccc4c3=O)CC2)cc1F. The van der Waals surface area contributed by atoms with E-state index in [0.717, 1.165) is 67.5 Å². The number of rotatable bonds is 7. The molecule has 1 aliphatic rings. The fourth-order valence-corrected chi connectivity index (χ4v) is 5.21. The molecule has 37 heavy (non-hydrogen) atoms. The summed E-state index contributed by atoms with van der Waals surface area (Å²) in [4.78, 5) is 15.8. The summed E-state index contributed by atoms with van der Waals surface area (Å²) in [7, 11) is 1.47. The minimum Gasteiger partial charge on any atom is -0.494 e. The van der Waals surface area contributed by atoms with Crippen LogP contribution >= 0.6 is 0 Å². The molecule has 1 fully saturated rings. The summed E-state index contributed by atoms with van der Waals surface area (Å²) in [6, 6.07) is 19.2. The van der Waals surface area contributed by atoms with E-state index in [9.17, 15) is 13.6 Å². The molecule has 0 aliphatic carbocycles. The van der Waals surface area contributed by atoms with E-state index < -0.39 is 0 Å². The number of hydrogen-bond donors (Lipinski definition) is 0. The Balaban J connectivity index is 1.33. The largest absolute Gasteiger partial charge is 0.494 e. The van der Waals surface area contributed by atoms with Gasteiger partial charge in [-0.05, 0) is 73.7 Å². The Bertz CT molecular complexity index is 1440. The highest BCUT2D eigenvalue weighted by atomic mass is 19.1. The Morgan fingerprint density at radius 3 is 2.46 bits per heavy atom. The molecule has 0 bridgehead atoms. The summed E-state index contributed by atoms with van der Waals surface area (Å²) in [6.07, 6.45) is 3.92. The smallest absolute Gasteiger partial charge is 0.274 e.